The van der Waals surface area contributed by atoms with Crippen molar-refractivity contribution in [2.45, 2.75) is 6.42 Å². The third kappa shape index (κ3) is 7.39. The van der Waals surface area contributed by atoms with Gasteiger partial charge in [0.2, 0.25) is 5.91 Å². The van der Waals surface area contributed by atoms with Crippen LogP contribution in [-0.2, 0) is 9.53 Å². The highest BCUT2D eigenvalue weighted by molar-refractivity contribution is 5.73. The lowest BCUT2D eigenvalue weighted by molar-refractivity contribution is -0.119. The summed E-state index contributed by atoms with van der Waals surface area (Å²) in [6.45, 7) is 0.557. The molecule has 9 heavy (non-hydrogen) atoms. The van der Waals surface area contributed by atoms with Gasteiger partial charge in [-0.15, -0.1) is 0 Å². The van der Waals surface area contributed by atoms with Gasteiger partial charge >= 0.3 is 0 Å². The van der Waals surface area contributed by atoms with Gasteiger partial charge in [0, 0.05) is 6.42 Å². The van der Waals surface area contributed by atoms with E-state index in [1.54, 1.807) is 0 Å². The molecule has 0 bridgehead atoms. The summed E-state index contributed by atoms with van der Waals surface area (Å²) in [6, 6.07) is 0. The molecule has 0 aromatic carbocycles. The van der Waals surface area contributed by atoms with Gasteiger partial charge in [0.1, 0.15) is 0 Å². The second kappa shape index (κ2) is 5.53. The molecule has 0 aromatic heterocycles. The highest BCUT2D eigenvalue weighted by atomic mass is 16.5. The summed E-state index contributed by atoms with van der Waals surface area (Å²) in [7, 11) is 0. The Morgan fingerprint density at radius 3 is 2.67 bits per heavy atom. The maximum atomic E-state index is 10.0. The van der Waals surface area contributed by atoms with Gasteiger partial charge in [-0.3, -0.25) is 4.79 Å². The molecule has 0 fully saturated rings. The number of primary amides is 1. The topological polar surface area (TPSA) is 72.6 Å². The van der Waals surface area contributed by atoms with E-state index in [9.17, 15) is 4.79 Å². The van der Waals surface area contributed by atoms with Crippen LogP contribution < -0.4 is 5.73 Å². The van der Waals surface area contributed by atoms with Crippen LogP contribution in [0.2, 0.25) is 0 Å². The Bertz CT molecular complexity index is 84.3. The van der Waals surface area contributed by atoms with Gasteiger partial charge in [-0.1, -0.05) is 0 Å². The Kier molecular flexibility index (Phi) is 5.15. The number of hydrogen-bond donors (Lipinski definition) is 2. The quantitative estimate of drug-likeness (QED) is 0.466. The van der Waals surface area contributed by atoms with Crippen molar-refractivity contribution in [3.8, 4) is 0 Å². The predicted octanol–water partition coefficient (Wildman–Crippen LogP) is -1.13. The van der Waals surface area contributed by atoms with Crippen LogP contribution in [0.5, 0.6) is 0 Å². The Labute approximate surface area is 53.6 Å². The maximum Gasteiger partial charge on any atom is 0.219 e. The third-order valence-electron chi connectivity index (χ3n) is 0.728. The Morgan fingerprint density at radius 2 is 2.22 bits per heavy atom. The van der Waals surface area contributed by atoms with Crippen LogP contribution in [0.1, 0.15) is 6.42 Å². The minimum atomic E-state index is -0.382. The molecule has 54 valence electrons. The Hall–Kier alpha value is -0.610. The normalized spacial score (nSPS) is 9.44. The number of hydrogen-bond acceptors (Lipinski definition) is 3. The molecule has 0 unspecified atom stereocenters. The van der Waals surface area contributed by atoms with E-state index in [0.29, 0.717) is 6.61 Å². The fraction of sp³-hybridized carbons (Fsp3) is 0.800. The summed E-state index contributed by atoms with van der Waals surface area (Å²) in [4.78, 5) is 10.0. The molecule has 3 N–H and O–H groups in total. The van der Waals surface area contributed by atoms with Crippen molar-refractivity contribution in [3.05, 3.63) is 0 Å². The number of nitrogens with two attached hydrogens (primary N) is 1. The van der Waals surface area contributed by atoms with E-state index >= 15 is 0 Å². The molecule has 0 atom stereocenters. The number of aliphatic hydroxyl groups is 1. The van der Waals surface area contributed by atoms with E-state index in [1.165, 1.54) is 0 Å². The molecule has 1 amide bonds. The highest BCUT2D eigenvalue weighted by Crippen LogP contribution is 1.78. The van der Waals surface area contributed by atoms with Crippen molar-refractivity contribution in [2.75, 3.05) is 19.8 Å². The van der Waals surface area contributed by atoms with Gasteiger partial charge in [-0.2, -0.15) is 0 Å². The van der Waals surface area contributed by atoms with Crippen LogP contribution in [0.3, 0.4) is 0 Å². The number of ether oxygens (including phenoxy) is 1. The minimum absolute atomic E-state index is 0.0151. The molecule has 0 saturated heterocycles. The molecule has 0 aliphatic rings. The van der Waals surface area contributed by atoms with Crippen LogP contribution in [0.25, 0.3) is 0 Å². The number of rotatable bonds is 5. The molecule has 0 aromatic rings. The van der Waals surface area contributed by atoms with Gasteiger partial charge in [0.15, 0.2) is 0 Å². The number of carbonyl (C=O) groups excluding carboxylic acids is 1. The number of aliphatic hydroxyl groups excluding tert-OH is 1. The van der Waals surface area contributed by atoms with Crippen molar-refractivity contribution >= 4 is 5.91 Å². The maximum absolute atomic E-state index is 10.0. The van der Waals surface area contributed by atoms with E-state index in [0.717, 1.165) is 0 Å². The number of carbonyl (C=O) groups is 1. The summed E-state index contributed by atoms with van der Waals surface area (Å²) in [6.07, 6.45) is 0.222. The fourth-order valence-corrected chi connectivity index (χ4v) is 0.339. The van der Waals surface area contributed by atoms with E-state index < -0.39 is 0 Å². The standard InChI is InChI=1S/C5H11NO3/c6-5(8)1-3-9-4-2-7/h7H,1-4H2,(H2,6,8). The van der Waals surface area contributed by atoms with E-state index in [1.807, 2.05) is 0 Å². The largest absolute Gasteiger partial charge is 0.394 e. The zero-order valence-corrected chi connectivity index (χ0v) is 5.17. The van der Waals surface area contributed by atoms with Gasteiger partial charge in [-0.25, -0.2) is 0 Å². The molecular weight excluding hydrogens is 122 g/mol. The van der Waals surface area contributed by atoms with E-state index in [4.69, 9.17) is 15.6 Å². The van der Waals surface area contributed by atoms with Crippen LogP contribution in [-0.4, -0.2) is 30.8 Å². The summed E-state index contributed by atoms with van der Waals surface area (Å²) in [5, 5.41) is 8.19. The lowest BCUT2D eigenvalue weighted by Gasteiger charge is -1.97. The highest BCUT2D eigenvalue weighted by Gasteiger charge is 1.91. The van der Waals surface area contributed by atoms with Crippen LogP contribution in [0.15, 0.2) is 0 Å². The summed E-state index contributed by atoms with van der Waals surface area (Å²) < 4.78 is 4.74. The zero-order valence-electron chi connectivity index (χ0n) is 5.17. The van der Waals surface area contributed by atoms with E-state index in [2.05, 4.69) is 0 Å². The smallest absolute Gasteiger partial charge is 0.219 e. The van der Waals surface area contributed by atoms with Crippen molar-refractivity contribution in [1.29, 1.82) is 0 Å². The lowest BCUT2D eigenvalue weighted by Crippen LogP contribution is -2.14. The molecule has 0 heterocycles. The van der Waals surface area contributed by atoms with Crippen molar-refractivity contribution in [3.63, 3.8) is 0 Å². The monoisotopic (exact) mass is 133 g/mol. The molecule has 4 nitrogen and oxygen atoms in total. The van der Waals surface area contributed by atoms with Crippen LogP contribution >= 0.6 is 0 Å². The van der Waals surface area contributed by atoms with Crippen molar-refractivity contribution < 1.29 is 14.6 Å². The minimum Gasteiger partial charge on any atom is -0.394 e. The lowest BCUT2D eigenvalue weighted by atomic mass is 10.4. The molecular formula is C5H11NO3. The summed E-state index contributed by atoms with van der Waals surface area (Å²) in [5.41, 5.74) is 4.79. The first-order chi connectivity index (χ1) is 4.27. The average Bonchev–Trinajstić information content (AvgIpc) is 1.80. The Balaban J connectivity index is 2.83. The van der Waals surface area contributed by atoms with Crippen molar-refractivity contribution in [1.82, 2.24) is 0 Å². The van der Waals surface area contributed by atoms with E-state index in [-0.39, 0.29) is 25.5 Å². The van der Waals surface area contributed by atoms with Crippen LogP contribution in [0.4, 0.5) is 0 Å². The summed E-state index contributed by atoms with van der Waals surface area (Å²) >= 11 is 0. The average molecular weight is 133 g/mol. The van der Waals surface area contributed by atoms with Crippen molar-refractivity contribution in [2.24, 2.45) is 5.73 Å². The van der Waals surface area contributed by atoms with Gasteiger partial charge in [0.25, 0.3) is 0 Å². The molecule has 0 saturated carbocycles. The third-order valence-corrected chi connectivity index (χ3v) is 0.728. The second-order valence-corrected chi connectivity index (χ2v) is 1.55. The molecule has 4 heteroatoms. The van der Waals surface area contributed by atoms with Crippen LogP contribution in [0, 0.1) is 0 Å². The molecule has 0 rings (SSSR count). The summed E-state index contributed by atoms with van der Waals surface area (Å²) in [5.74, 6) is -0.382. The first-order valence-corrected chi connectivity index (χ1v) is 2.74. The van der Waals surface area contributed by atoms with Gasteiger partial charge in [-0.05, 0) is 0 Å². The first-order valence-electron chi connectivity index (χ1n) is 2.74. The zero-order chi connectivity index (χ0) is 7.11. The molecule has 0 aliphatic heterocycles. The number of amides is 1. The SMILES string of the molecule is NC(=O)CCOCCO. The fourth-order valence-electron chi connectivity index (χ4n) is 0.339. The molecule has 0 spiro atoms. The molecule has 0 radical (unpaired) electrons. The first kappa shape index (κ1) is 8.39. The second-order valence-electron chi connectivity index (χ2n) is 1.55. The van der Waals surface area contributed by atoms with Gasteiger partial charge < -0.3 is 15.6 Å². The van der Waals surface area contributed by atoms with Gasteiger partial charge in [0.05, 0.1) is 19.8 Å². The predicted molar refractivity (Wildman–Crippen MR) is 31.7 cm³/mol. The molecule has 0 aliphatic carbocycles. The Morgan fingerprint density at radius 1 is 1.56 bits per heavy atom.